The van der Waals surface area contributed by atoms with Gasteiger partial charge in [-0.2, -0.15) is 12.6 Å². The lowest BCUT2D eigenvalue weighted by Gasteiger charge is -2.27. The van der Waals surface area contributed by atoms with E-state index in [1.165, 1.54) is 0 Å². The van der Waals surface area contributed by atoms with Crippen molar-refractivity contribution >= 4 is 24.5 Å². The van der Waals surface area contributed by atoms with E-state index < -0.39 is 11.9 Å². The molecule has 5 heteroatoms. The predicted molar refractivity (Wildman–Crippen MR) is 78.4 cm³/mol. The summed E-state index contributed by atoms with van der Waals surface area (Å²) in [5.41, 5.74) is 0. The van der Waals surface area contributed by atoms with Crippen LogP contribution in [0.4, 0.5) is 0 Å². The lowest BCUT2D eigenvalue weighted by atomic mass is 9.78. The number of unbranched alkanes of at least 4 members (excludes halogenated alkanes) is 3. The number of aliphatic carboxylic acids is 1. The largest absolute Gasteiger partial charge is 0.481 e. The average Bonchev–Trinajstić information content (AvgIpc) is 2.42. The summed E-state index contributed by atoms with van der Waals surface area (Å²) in [7, 11) is 0. The van der Waals surface area contributed by atoms with Crippen molar-refractivity contribution in [2.45, 2.75) is 51.4 Å². The summed E-state index contributed by atoms with van der Waals surface area (Å²) in [5, 5.41) is 12.0. The van der Waals surface area contributed by atoms with Gasteiger partial charge in [0.2, 0.25) is 5.91 Å². The minimum Gasteiger partial charge on any atom is -0.481 e. The van der Waals surface area contributed by atoms with Crippen molar-refractivity contribution in [1.82, 2.24) is 5.32 Å². The number of carbonyl (C=O) groups is 2. The quantitative estimate of drug-likeness (QED) is 0.474. The summed E-state index contributed by atoms with van der Waals surface area (Å²) >= 11 is 4.15. The average molecular weight is 287 g/mol. The zero-order valence-electron chi connectivity index (χ0n) is 11.4. The highest BCUT2D eigenvalue weighted by Crippen LogP contribution is 2.30. The molecule has 0 spiro atoms. The summed E-state index contributed by atoms with van der Waals surface area (Å²) in [6.45, 7) is 0.661. The second kappa shape index (κ2) is 9.23. The predicted octanol–water partition coefficient (Wildman–Crippen LogP) is 2.48. The Balaban J connectivity index is 2.25. The fourth-order valence-corrected chi connectivity index (χ4v) is 2.90. The zero-order chi connectivity index (χ0) is 14.1. The van der Waals surface area contributed by atoms with Gasteiger partial charge in [-0.3, -0.25) is 9.59 Å². The first-order valence-electron chi connectivity index (χ1n) is 7.28. The van der Waals surface area contributed by atoms with Gasteiger partial charge in [0.05, 0.1) is 11.8 Å². The molecule has 0 aromatic carbocycles. The molecule has 110 valence electrons. The molecule has 19 heavy (non-hydrogen) atoms. The Bertz CT molecular complexity index is 296. The lowest BCUT2D eigenvalue weighted by molar-refractivity contribution is -0.148. The summed E-state index contributed by atoms with van der Waals surface area (Å²) in [4.78, 5) is 23.1. The maximum Gasteiger partial charge on any atom is 0.307 e. The topological polar surface area (TPSA) is 66.4 Å². The van der Waals surface area contributed by atoms with Crippen LogP contribution in [0.5, 0.6) is 0 Å². The molecule has 0 saturated heterocycles. The van der Waals surface area contributed by atoms with E-state index in [9.17, 15) is 9.59 Å². The van der Waals surface area contributed by atoms with E-state index in [1.807, 2.05) is 0 Å². The van der Waals surface area contributed by atoms with E-state index in [4.69, 9.17) is 5.11 Å². The van der Waals surface area contributed by atoms with Gasteiger partial charge in [-0.1, -0.05) is 25.7 Å². The molecular weight excluding hydrogens is 262 g/mol. The standard InChI is InChI=1S/C14H25NO3S/c16-13(15-9-5-1-2-6-10-19)11-7-3-4-8-12(11)14(17)18/h11-12,19H,1-10H2,(H,15,16)(H,17,18)/t11-,12+/m0/s1. The van der Waals surface area contributed by atoms with Crippen molar-refractivity contribution in [3.05, 3.63) is 0 Å². The molecule has 2 atom stereocenters. The Morgan fingerprint density at radius 3 is 2.32 bits per heavy atom. The highest BCUT2D eigenvalue weighted by atomic mass is 32.1. The Morgan fingerprint density at radius 2 is 1.68 bits per heavy atom. The summed E-state index contributed by atoms with van der Waals surface area (Å²) < 4.78 is 0. The monoisotopic (exact) mass is 287 g/mol. The van der Waals surface area contributed by atoms with Crippen LogP contribution in [-0.2, 0) is 9.59 Å². The van der Waals surface area contributed by atoms with Crippen LogP contribution in [0.15, 0.2) is 0 Å². The molecule has 0 radical (unpaired) electrons. The zero-order valence-corrected chi connectivity index (χ0v) is 12.3. The second-order valence-corrected chi connectivity index (χ2v) is 5.71. The summed E-state index contributed by atoms with van der Waals surface area (Å²) in [6, 6.07) is 0. The highest BCUT2D eigenvalue weighted by molar-refractivity contribution is 7.80. The molecule has 4 nitrogen and oxygen atoms in total. The van der Waals surface area contributed by atoms with Gasteiger partial charge in [-0.15, -0.1) is 0 Å². The lowest BCUT2D eigenvalue weighted by Crippen LogP contribution is -2.40. The maximum atomic E-state index is 12.0. The highest BCUT2D eigenvalue weighted by Gasteiger charge is 2.35. The Morgan fingerprint density at radius 1 is 1.05 bits per heavy atom. The molecule has 0 bridgehead atoms. The fourth-order valence-electron chi connectivity index (χ4n) is 2.67. The second-order valence-electron chi connectivity index (χ2n) is 5.26. The van der Waals surface area contributed by atoms with Crippen molar-refractivity contribution in [2.75, 3.05) is 12.3 Å². The van der Waals surface area contributed by atoms with Crippen LogP contribution in [0.25, 0.3) is 0 Å². The Hall–Kier alpha value is -0.710. The van der Waals surface area contributed by atoms with Gasteiger partial charge in [0, 0.05) is 6.54 Å². The smallest absolute Gasteiger partial charge is 0.307 e. The Labute approximate surface area is 120 Å². The van der Waals surface area contributed by atoms with Crippen LogP contribution >= 0.6 is 12.6 Å². The fraction of sp³-hybridized carbons (Fsp3) is 0.857. The van der Waals surface area contributed by atoms with Crippen LogP contribution in [-0.4, -0.2) is 29.3 Å². The molecule has 2 N–H and O–H groups in total. The summed E-state index contributed by atoms with van der Waals surface area (Å²) in [5.74, 6) is -0.800. The molecule has 0 aromatic heterocycles. The number of carboxylic acids is 1. The molecule has 0 heterocycles. The van der Waals surface area contributed by atoms with Crippen molar-refractivity contribution in [3.63, 3.8) is 0 Å². The van der Waals surface area contributed by atoms with Gasteiger partial charge in [-0.05, 0) is 31.4 Å². The van der Waals surface area contributed by atoms with Crippen molar-refractivity contribution in [3.8, 4) is 0 Å². The number of carboxylic acid groups (broad SMARTS) is 1. The number of carbonyl (C=O) groups excluding carboxylic acids is 1. The number of amides is 1. The minimum atomic E-state index is -0.825. The van der Waals surface area contributed by atoms with Gasteiger partial charge in [0.1, 0.15) is 0 Å². The first-order valence-corrected chi connectivity index (χ1v) is 7.91. The van der Waals surface area contributed by atoms with E-state index in [0.717, 1.165) is 44.3 Å². The molecule has 1 aliphatic rings. The third kappa shape index (κ3) is 5.85. The molecule has 1 aliphatic carbocycles. The van der Waals surface area contributed by atoms with Crippen LogP contribution in [0, 0.1) is 11.8 Å². The number of thiol groups is 1. The van der Waals surface area contributed by atoms with E-state index in [1.54, 1.807) is 0 Å². The first kappa shape index (κ1) is 16.3. The first-order chi connectivity index (χ1) is 9.16. The number of hydrogen-bond acceptors (Lipinski definition) is 3. The van der Waals surface area contributed by atoms with Crippen molar-refractivity contribution < 1.29 is 14.7 Å². The van der Waals surface area contributed by atoms with Crippen LogP contribution in [0.2, 0.25) is 0 Å². The van der Waals surface area contributed by atoms with E-state index in [2.05, 4.69) is 17.9 Å². The van der Waals surface area contributed by atoms with E-state index in [-0.39, 0.29) is 11.8 Å². The van der Waals surface area contributed by atoms with Gasteiger partial charge in [0.25, 0.3) is 0 Å². The minimum absolute atomic E-state index is 0.0682. The van der Waals surface area contributed by atoms with Gasteiger partial charge < -0.3 is 10.4 Å². The SMILES string of the molecule is O=C(NCCCCCCS)[C@H]1CCCC[C@H]1C(=O)O. The van der Waals surface area contributed by atoms with Gasteiger partial charge in [-0.25, -0.2) is 0 Å². The normalized spacial score (nSPS) is 23.0. The van der Waals surface area contributed by atoms with Gasteiger partial charge >= 0.3 is 5.97 Å². The molecule has 0 aliphatic heterocycles. The molecular formula is C14H25NO3S. The molecule has 1 fully saturated rings. The van der Waals surface area contributed by atoms with Gasteiger partial charge in [0.15, 0.2) is 0 Å². The van der Waals surface area contributed by atoms with Crippen LogP contribution in [0.1, 0.15) is 51.4 Å². The van der Waals surface area contributed by atoms with Crippen molar-refractivity contribution in [1.29, 1.82) is 0 Å². The molecule has 1 rings (SSSR count). The molecule has 1 amide bonds. The van der Waals surface area contributed by atoms with Crippen LogP contribution < -0.4 is 5.32 Å². The maximum absolute atomic E-state index is 12.0. The molecule has 1 saturated carbocycles. The molecule has 0 unspecified atom stereocenters. The number of rotatable bonds is 8. The molecule has 0 aromatic rings. The summed E-state index contributed by atoms with van der Waals surface area (Å²) in [6.07, 6.45) is 7.53. The third-order valence-electron chi connectivity index (χ3n) is 3.80. The van der Waals surface area contributed by atoms with Crippen molar-refractivity contribution in [2.24, 2.45) is 11.8 Å². The number of hydrogen-bond donors (Lipinski definition) is 3. The number of nitrogens with one attached hydrogen (secondary N) is 1. The Kier molecular flexibility index (Phi) is 7.94. The van der Waals surface area contributed by atoms with E-state index in [0.29, 0.717) is 19.4 Å². The van der Waals surface area contributed by atoms with E-state index >= 15 is 0 Å². The van der Waals surface area contributed by atoms with Crippen LogP contribution in [0.3, 0.4) is 0 Å². The third-order valence-corrected chi connectivity index (χ3v) is 4.12.